The minimum Gasteiger partial charge on any atom is -0.468 e. The Hall–Kier alpha value is -2.75. The minimum atomic E-state index is -4.41. The molecule has 1 unspecified atom stereocenters. The van der Waals surface area contributed by atoms with Gasteiger partial charge in [0, 0.05) is 51.2 Å². The largest absolute Gasteiger partial charge is 0.468 e. The molecule has 1 saturated heterocycles. The van der Waals surface area contributed by atoms with Crippen LogP contribution in [0.2, 0.25) is 5.02 Å². The predicted molar refractivity (Wildman–Crippen MR) is 109 cm³/mol. The highest BCUT2D eigenvalue weighted by atomic mass is 35.5. The van der Waals surface area contributed by atoms with Gasteiger partial charge in [-0.15, -0.1) is 0 Å². The summed E-state index contributed by atoms with van der Waals surface area (Å²) in [6.45, 7) is 0.517. The second-order valence-corrected chi connectivity index (χ2v) is 7.12. The maximum absolute atomic E-state index is 12.3. The van der Waals surface area contributed by atoms with E-state index in [1.165, 1.54) is 12.3 Å². The van der Waals surface area contributed by atoms with Gasteiger partial charge in [-0.05, 0) is 30.2 Å². The van der Waals surface area contributed by atoms with Gasteiger partial charge in [-0.3, -0.25) is 4.99 Å². The van der Waals surface area contributed by atoms with E-state index < -0.39 is 12.8 Å². The number of halogens is 4. The number of aliphatic imine (C=N–C) groups is 1. The normalized spacial score (nSPS) is 17.2. The highest BCUT2D eigenvalue weighted by Crippen LogP contribution is 2.25. The van der Waals surface area contributed by atoms with Crippen molar-refractivity contribution in [3.05, 3.63) is 47.2 Å². The summed E-state index contributed by atoms with van der Waals surface area (Å²) in [5.41, 5.74) is 0.721. The molecule has 0 saturated carbocycles. The van der Waals surface area contributed by atoms with Crippen molar-refractivity contribution in [3.8, 4) is 5.88 Å². The van der Waals surface area contributed by atoms with Crippen LogP contribution in [0.4, 0.5) is 19.0 Å². The molecule has 0 amide bonds. The third-order valence-electron chi connectivity index (χ3n) is 4.43. The van der Waals surface area contributed by atoms with Crippen molar-refractivity contribution in [1.82, 2.24) is 20.6 Å². The van der Waals surface area contributed by atoms with Crippen molar-refractivity contribution in [1.29, 1.82) is 0 Å². The molecule has 1 fully saturated rings. The fourth-order valence-electron chi connectivity index (χ4n) is 3.05. The van der Waals surface area contributed by atoms with E-state index >= 15 is 0 Å². The first-order chi connectivity index (χ1) is 14.3. The molecule has 2 aromatic rings. The van der Waals surface area contributed by atoms with E-state index in [0.717, 1.165) is 30.9 Å². The Morgan fingerprint density at radius 3 is 2.90 bits per heavy atom. The lowest BCUT2D eigenvalue weighted by Gasteiger charge is -2.20. The Morgan fingerprint density at radius 2 is 2.17 bits per heavy atom. The van der Waals surface area contributed by atoms with Gasteiger partial charge in [-0.2, -0.15) is 13.2 Å². The summed E-state index contributed by atoms with van der Waals surface area (Å²) in [5, 5.41) is 7.11. The maximum Gasteiger partial charge on any atom is 0.422 e. The topological polar surface area (TPSA) is 74.7 Å². The van der Waals surface area contributed by atoms with Crippen LogP contribution in [0.3, 0.4) is 0 Å². The molecule has 7 nitrogen and oxygen atoms in total. The SMILES string of the molecule is CN=C(NCc1ccnc(OCC(F)(F)F)c1)NC1CCN(c2ncccc2Cl)C1. The number of hydrogen-bond acceptors (Lipinski definition) is 5. The molecule has 1 aliphatic heterocycles. The molecule has 1 aliphatic rings. The average Bonchev–Trinajstić information content (AvgIpc) is 3.18. The van der Waals surface area contributed by atoms with Gasteiger partial charge in [0.2, 0.25) is 5.88 Å². The molecule has 2 aromatic heterocycles. The zero-order chi connectivity index (χ0) is 21.6. The number of guanidine groups is 1. The van der Waals surface area contributed by atoms with Gasteiger partial charge in [-0.25, -0.2) is 9.97 Å². The molecule has 1 atom stereocenters. The molecule has 0 bridgehead atoms. The van der Waals surface area contributed by atoms with Crippen LogP contribution < -0.4 is 20.3 Å². The van der Waals surface area contributed by atoms with Crippen molar-refractivity contribution in [2.45, 2.75) is 25.2 Å². The highest BCUT2D eigenvalue weighted by Gasteiger charge is 2.28. The lowest BCUT2D eigenvalue weighted by Crippen LogP contribution is -2.44. The molecule has 0 spiro atoms. The zero-order valence-corrected chi connectivity index (χ0v) is 17.0. The molecule has 0 aromatic carbocycles. The monoisotopic (exact) mass is 442 g/mol. The Balaban J connectivity index is 1.50. The molecular formula is C19H22ClF3N6O. The smallest absolute Gasteiger partial charge is 0.422 e. The summed E-state index contributed by atoms with van der Waals surface area (Å²) in [6, 6.07) is 6.92. The van der Waals surface area contributed by atoms with E-state index in [4.69, 9.17) is 11.6 Å². The van der Waals surface area contributed by atoms with Crippen LogP contribution in [0.25, 0.3) is 0 Å². The lowest BCUT2D eigenvalue weighted by molar-refractivity contribution is -0.154. The fourth-order valence-corrected chi connectivity index (χ4v) is 3.29. The van der Waals surface area contributed by atoms with Gasteiger partial charge < -0.3 is 20.3 Å². The second-order valence-electron chi connectivity index (χ2n) is 6.72. The third-order valence-corrected chi connectivity index (χ3v) is 4.73. The molecule has 2 N–H and O–H groups in total. The first-order valence-corrected chi connectivity index (χ1v) is 9.69. The molecule has 0 radical (unpaired) electrons. The van der Waals surface area contributed by atoms with Gasteiger partial charge in [-0.1, -0.05) is 11.6 Å². The van der Waals surface area contributed by atoms with Crippen molar-refractivity contribution in [2.24, 2.45) is 4.99 Å². The van der Waals surface area contributed by atoms with Crippen molar-refractivity contribution in [2.75, 3.05) is 31.6 Å². The summed E-state index contributed by atoms with van der Waals surface area (Å²) >= 11 is 6.22. The summed E-state index contributed by atoms with van der Waals surface area (Å²) < 4.78 is 41.6. The summed E-state index contributed by atoms with van der Waals surface area (Å²) in [7, 11) is 1.65. The van der Waals surface area contributed by atoms with E-state index in [0.29, 0.717) is 17.5 Å². The number of anilines is 1. The van der Waals surface area contributed by atoms with E-state index in [1.807, 2.05) is 6.07 Å². The third kappa shape index (κ3) is 6.38. The summed E-state index contributed by atoms with van der Waals surface area (Å²) in [4.78, 5) is 14.5. The average molecular weight is 443 g/mol. The molecular weight excluding hydrogens is 421 g/mol. The van der Waals surface area contributed by atoms with Crippen molar-refractivity contribution < 1.29 is 17.9 Å². The summed E-state index contributed by atoms with van der Waals surface area (Å²) in [6.07, 6.45) is -0.400. The quantitative estimate of drug-likeness (QED) is 0.529. The lowest BCUT2D eigenvalue weighted by atomic mass is 10.2. The van der Waals surface area contributed by atoms with Crippen LogP contribution >= 0.6 is 11.6 Å². The van der Waals surface area contributed by atoms with E-state index in [2.05, 4.69) is 35.2 Å². The zero-order valence-electron chi connectivity index (χ0n) is 16.3. The van der Waals surface area contributed by atoms with Gasteiger partial charge in [0.25, 0.3) is 0 Å². The molecule has 3 heterocycles. The number of alkyl halides is 3. The van der Waals surface area contributed by atoms with Crippen molar-refractivity contribution in [3.63, 3.8) is 0 Å². The number of ether oxygens (including phenoxy) is 1. The number of rotatable bonds is 6. The van der Waals surface area contributed by atoms with Crippen LogP contribution in [0.1, 0.15) is 12.0 Å². The first kappa shape index (κ1) is 21.9. The van der Waals surface area contributed by atoms with E-state index in [9.17, 15) is 13.2 Å². The fraction of sp³-hybridized carbons (Fsp3) is 0.421. The first-order valence-electron chi connectivity index (χ1n) is 9.31. The van der Waals surface area contributed by atoms with Gasteiger partial charge in [0.1, 0.15) is 5.82 Å². The standard InChI is InChI=1S/C19H22ClF3N6O/c1-24-18(27-10-13-4-7-25-16(9-13)30-12-19(21,22)23)28-14-5-8-29(11-14)17-15(20)3-2-6-26-17/h2-4,6-7,9,14H,5,8,10-12H2,1H3,(H2,24,27,28). The Bertz CT molecular complexity index is 879. The van der Waals surface area contributed by atoms with E-state index in [1.54, 1.807) is 25.4 Å². The number of pyridine rings is 2. The second kappa shape index (κ2) is 9.84. The number of nitrogens with one attached hydrogen (secondary N) is 2. The Morgan fingerprint density at radius 1 is 1.33 bits per heavy atom. The molecule has 3 rings (SSSR count). The maximum atomic E-state index is 12.3. The number of aromatic nitrogens is 2. The van der Waals surface area contributed by atoms with Gasteiger partial charge in [0.05, 0.1) is 5.02 Å². The molecule has 30 heavy (non-hydrogen) atoms. The van der Waals surface area contributed by atoms with Crippen LogP contribution in [-0.2, 0) is 6.54 Å². The number of hydrogen-bond donors (Lipinski definition) is 2. The van der Waals surface area contributed by atoms with Gasteiger partial charge >= 0.3 is 6.18 Å². The summed E-state index contributed by atoms with van der Waals surface area (Å²) in [5.74, 6) is 1.27. The Labute approximate surface area is 177 Å². The molecule has 0 aliphatic carbocycles. The highest BCUT2D eigenvalue weighted by molar-refractivity contribution is 6.32. The van der Waals surface area contributed by atoms with Crippen LogP contribution in [0.15, 0.2) is 41.7 Å². The molecule has 11 heteroatoms. The van der Waals surface area contributed by atoms with Gasteiger partial charge in [0.15, 0.2) is 12.6 Å². The van der Waals surface area contributed by atoms with Crippen LogP contribution in [0, 0.1) is 0 Å². The number of nitrogens with zero attached hydrogens (tertiary/aromatic N) is 4. The minimum absolute atomic E-state index is 0.0757. The van der Waals surface area contributed by atoms with Crippen LogP contribution in [-0.4, -0.2) is 54.9 Å². The van der Waals surface area contributed by atoms with Crippen LogP contribution in [0.5, 0.6) is 5.88 Å². The predicted octanol–water partition coefficient (Wildman–Crippen LogP) is 3.02. The van der Waals surface area contributed by atoms with E-state index in [-0.39, 0.29) is 11.9 Å². The molecule has 162 valence electrons. The van der Waals surface area contributed by atoms with Crippen molar-refractivity contribution >= 4 is 23.4 Å². The Kier molecular flexibility index (Phi) is 7.20.